The van der Waals surface area contributed by atoms with Gasteiger partial charge in [-0.1, -0.05) is 97.6 Å². The number of carbonyl (C=O) groups is 1. The number of amides is 1. The highest BCUT2D eigenvalue weighted by molar-refractivity contribution is 7.89. The minimum absolute atomic E-state index is 0.179. The average Bonchev–Trinajstić information content (AvgIpc) is 2.86. The lowest BCUT2D eigenvalue weighted by molar-refractivity contribution is -0.122. The zero-order valence-corrected chi connectivity index (χ0v) is 22.2. The molecule has 1 N–H and O–H groups in total. The second-order valence-corrected chi connectivity index (χ2v) is 11.7. The van der Waals surface area contributed by atoms with E-state index in [1.165, 1.54) is 4.31 Å². The predicted octanol–water partition coefficient (Wildman–Crippen LogP) is 5.84. The van der Waals surface area contributed by atoms with Crippen molar-refractivity contribution in [2.24, 2.45) is 0 Å². The summed E-state index contributed by atoms with van der Waals surface area (Å²) in [7, 11) is -3.87. The molecular formula is C30H36N2O3S. The number of nitrogens with one attached hydrogen (secondary N) is 1. The van der Waals surface area contributed by atoms with Crippen LogP contribution in [0.2, 0.25) is 0 Å². The van der Waals surface area contributed by atoms with Crippen LogP contribution in [0.25, 0.3) is 0 Å². The molecule has 1 amide bonds. The van der Waals surface area contributed by atoms with Crippen molar-refractivity contribution in [1.82, 2.24) is 9.62 Å². The number of benzene rings is 3. The minimum atomic E-state index is -3.87. The summed E-state index contributed by atoms with van der Waals surface area (Å²) in [5.41, 5.74) is 4.38. The topological polar surface area (TPSA) is 66.5 Å². The van der Waals surface area contributed by atoms with E-state index in [1.54, 1.807) is 0 Å². The maximum atomic E-state index is 14.1. The SMILES string of the molecule is Cc1cc(C)c(S(=O)(=O)N(CC(=O)NC(c2ccccc2)c2ccccc2)C2CCCCC2)c(C)c1. The van der Waals surface area contributed by atoms with E-state index in [-0.39, 0.29) is 24.5 Å². The Morgan fingerprint density at radius 3 is 1.86 bits per heavy atom. The van der Waals surface area contributed by atoms with Gasteiger partial charge in [-0.15, -0.1) is 0 Å². The Balaban J connectivity index is 1.67. The summed E-state index contributed by atoms with van der Waals surface area (Å²) in [6.07, 6.45) is 4.60. The van der Waals surface area contributed by atoms with Crippen molar-refractivity contribution in [3.8, 4) is 0 Å². The first kappa shape index (κ1) is 26.1. The Kier molecular flexibility index (Phi) is 8.27. The van der Waals surface area contributed by atoms with Gasteiger partial charge in [0.15, 0.2) is 0 Å². The van der Waals surface area contributed by atoms with Crippen LogP contribution in [-0.4, -0.2) is 31.2 Å². The molecule has 3 aromatic carbocycles. The highest BCUT2D eigenvalue weighted by atomic mass is 32.2. The van der Waals surface area contributed by atoms with Crippen LogP contribution in [0.5, 0.6) is 0 Å². The zero-order valence-electron chi connectivity index (χ0n) is 21.4. The van der Waals surface area contributed by atoms with Gasteiger partial charge in [0.2, 0.25) is 15.9 Å². The van der Waals surface area contributed by atoms with E-state index in [4.69, 9.17) is 0 Å². The average molecular weight is 505 g/mol. The van der Waals surface area contributed by atoms with Crippen LogP contribution < -0.4 is 5.32 Å². The van der Waals surface area contributed by atoms with Gasteiger partial charge in [-0.2, -0.15) is 4.31 Å². The van der Waals surface area contributed by atoms with Gasteiger partial charge in [0.05, 0.1) is 17.5 Å². The molecular weight excluding hydrogens is 468 g/mol. The number of nitrogens with zero attached hydrogens (tertiary/aromatic N) is 1. The van der Waals surface area contributed by atoms with Gasteiger partial charge in [0, 0.05) is 6.04 Å². The van der Waals surface area contributed by atoms with Crippen LogP contribution in [0.3, 0.4) is 0 Å². The molecule has 0 spiro atoms. The molecule has 0 aliphatic heterocycles. The number of rotatable bonds is 8. The van der Waals surface area contributed by atoms with Crippen molar-refractivity contribution in [3.05, 3.63) is 101 Å². The van der Waals surface area contributed by atoms with Crippen molar-refractivity contribution >= 4 is 15.9 Å². The molecule has 36 heavy (non-hydrogen) atoms. The molecule has 0 bridgehead atoms. The monoisotopic (exact) mass is 504 g/mol. The Morgan fingerprint density at radius 2 is 1.36 bits per heavy atom. The van der Waals surface area contributed by atoms with Crippen LogP contribution in [0.4, 0.5) is 0 Å². The summed E-state index contributed by atoms with van der Waals surface area (Å²) in [4.78, 5) is 13.9. The zero-order chi connectivity index (χ0) is 25.7. The quantitative estimate of drug-likeness (QED) is 0.419. The lowest BCUT2D eigenvalue weighted by Crippen LogP contribution is -2.48. The van der Waals surface area contributed by atoms with Gasteiger partial charge in [-0.05, 0) is 55.9 Å². The van der Waals surface area contributed by atoms with Gasteiger partial charge in [-0.25, -0.2) is 8.42 Å². The summed E-state index contributed by atoms with van der Waals surface area (Å²) in [5, 5.41) is 3.14. The molecule has 1 aliphatic carbocycles. The highest BCUT2D eigenvalue weighted by Gasteiger charge is 2.36. The molecule has 0 saturated heterocycles. The van der Waals surface area contributed by atoms with Gasteiger partial charge in [-0.3, -0.25) is 4.79 Å². The Labute approximate surface area is 215 Å². The lowest BCUT2D eigenvalue weighted by atomic mass is 9.95. The molecule has 6 heteroatoms. The standard InChI is InChI=1S/C30H36N2O3S/c1-22-19-23(2)30(24(3)20-22)36(34,35)32(27-17-11-6-12-18-27)21-28(33)31-29(25-13-7-4-8-14-25)26-15-9-5-10-16-26/h4-5,7-10,13-16,19-20,27,29H,6,11-12,17-18,21H2,1-3H3,(H,31,33). The summed E-state index contributed by atoms with van der Waals surface area (Å²) < 4.78 is 29.7. The first-order chi connectivity index (χ1) is 17.3. The van der Waals surface area contributed by atoms with Crippen molar-refractivity contribution in [2.45, 2.75) is 69.9 Å². The fraction of sp³-hybridized carbons (Fsp3) is 0.367. The van der Waals surface area contributed by atoms with Gasteiger partial charge >= 0.3 is 0 Å². The highest BCUT2D eigenvalue weighted by Crippen LogP contribution is 2.31. The molecule has 4 rings (SSSR count). The van der Waals surface area contributed by atoms with Crippen LogP contribution >= 0.6 is 0 Å². The van der Waals surface area contributed by atoms with Crippen LogP contribution in [-0.2, 0) is 14.8 Å². The van der Waals surface area contributed by atoms with Gasteiger partial charge in [0.25, 0.3) is 0 Å². The third-order valence-electron chi connectivity index (χ3n) is 7.02. The van der Waals surface area contributed by atoms with E-state index in [9.17, 15) is 13.2 Å². The molecule has 0 radical (unpaired) electrons. The van der Waals surface area contributed by atoms with E-state index >= 15 is 0 Å². The summed E-state index contributed by atoms with van der Waals surface area (Å²) >= 11 is 0. The Bertz CT molecular complexity index is 1220. The summed E-state index contributed by atoms with van der Waals surface area (Å²) in [5.74, 6) is -0.302. The van der Waals surface area contributed by atoms with E-state index in [0.29, 0.717) is 4.90 Å². The first-order valence-electron chi connectivity index (χ1n) is 12.8. The first-order valence-corrected chi connectivity index (χ1v) is 14.2. The van der Waals surface area contributed by atoms with Crippen molar-refractivity contribution < 1.29 is 13.2 Å². The van der Waals surface area contributed by atoms with E-state index < -0.39 is 10.0 Å². The fourth-order valence-corrected chi connectivity index (χ4v) is 7.53. The molecule has 0 atom stereocenters. The number of sulfonamides is 1. The van der Waals surface area contributed by atoms with Crippen molar-refractivity contribution in [2.75, 3.05) is 6.54 Å². The molecule has 190 valence electrons. The maximum absolute atomic E-state index is 14.1. The van der Waals surface area contributed by atoms with E-state index in [0.717, 1.165) is 59.9 Å². The summed E-state index contributed by atoms with van der Waals surface area (Å²) in [6, 6.07) is 22.8. The Hall–Kier alpha value is -2.96. The van der Waals surface area contributed by atoms with Gasteiger partial charge in [0.1, 0.15) is 0 Å². The number of carbonyl (C=O) groups excluding carboxylic acids is 1. The number of aryl methyl sites for hydroxylation is 3. The molecule has 0 unspecified atom stereocenters. The Morgan fingerprint density at radius 1 is 0.861 bits per heavy atom. The third kappa shape index (κ3) is 5.88. The lowest BCUT2D eigenvalue weighted by Gasteiger charge is -2.34. The van der Waals surface area contributed by atoms with E-state index in [2.05, 4.69) is 5.32 Å². The van der Waals surface area contributed by atoms with E-state index in [1.807, 2.05) is 93.6 Å². The van der Waals surface area contributed by atoms with Crippen molar-refractivity contribution in [1.29, 1.82) is 0 Å². The third-order valence-corrected chi connectivity index (χ3v) is 9.23. The minimum Gasteiger partial charge on any atom is -0.344 e. The second kappa shape index (κ2) is 11.4. The second-order valence-electron chi connectivity index (χ2n) is 9.89. The fourth-order valence-electron chi connectivity index (χ4n) is 5.47. The summed E-state index contributed by atoms with van der Waals surface area (Å²) in [6.45, 7) is 5.45. The van der Waals surface area contributed by atoms with Crippen LogP contribution in [0, 0.1) is 20.8 Å². The molecule has 1 aliphatic rings. The normalized spacial score (nSPS) is 14.8. The van der Waals surface area contributed by atoms with Crippen molar-refractivity contribution in [3.63, 3.8) is 0 Å². The van der Waals surface area contributed by atoms with Crippen LogP contribution in [0.1, 0.15) is 66.0 Å². The molecule has 1 fully saturated rings. The van der Waals surface area contributed by atoms with Crippen LogP contribution in [0.15, 0.2) is 77.7 Å². The number of hydrogen-bond donors (Lipinski definition) is 1. The maximum Gasteiger partial charge on any atom is 0.244 e. The molecule has 3 aromatic rings. The molecule has 0 aromatic heterocycles. The molecule has 5 nitrogen and oxygen atoms in total. The molecule has 0 heterocycles. The largest absolute Gasteiger partial charge is 0.344 e. The number of hydrogen-bond acceptors (Lipinski definition) is 3. The molecule has 1 saturated carbocycles. The van der Waals surface area contributed by atoms with Gasteiger partial charge < -0.3 is 5.32 Å². The predicted molar refractivity (Wildman–Crippen MR) is 144 cm³/mol. The smallest absolute Gasteiger partial charge is 0.244 e.